The Kier molecular flexibility index (Phi) is 6.97. The van der Waals surface area contributed by atoms with Crippen LogP contribution in [0.5, 0.6) is 0 Å². The zero-order valence-corrected chi connectivity index (χ0v) is 16.6. The second-order valence-electron chi connectivity index (χ2n) is 6.77. The quantitative estimate of drug-likeness (QED) is 0.339. The number of nitrogens with one attached hydrogen (secondary N) is 1. The molecule has 2 aromatic carbocycles. The van der Waals surface area contributed by atoms with E-state index in [1.807, 2.05) is 36.4 Å². The molecule has 0 fully saturated rings. The lowest BCUT2D eigenvalue weighted by molar-refractivity contribution is 0.208. The van der Waals surface area contributed by atoms with Crippen LogP contribution in [0.25, 0.3) is 11.1 Å². The van der Waals surface area contributed by atoms with Gasteiger partial charge in [0.05, 0.1) is 18.8 Å². The van der Waals surface area contributed by atoms with E-state index >= 15 is 0 Å². The molecule has 0 aliphatic heterocycles. The van der Waals surface area contributed by atoms with E-state index in [-0.39, 0.29) is 17.7 Å². The molecule has 0 saturated heterocycles. The van der Waals surface area contributed by atoms with Gasteiger partial charge in [-0.1, -0.05) is 54.5 Å². The summed E-state index contributed by atoms with van der Waals surface area (Å²) in [5.74, 6) is 0.693. The molecule has 1 unspecified atom stereocenters. The molecule has 3 rings (SSSR count). The van der Waals surface area contributed by atoms with Crippen molar-refractivity contribution in [2.45, 2.75) is 19.3 Å². The monoisotopic (exact) mass is 396 g/mol. The van der Waals surface area contributed by atoms with Gasteiger partial charge in [0.25, 0.3) is 0 Å². The molecule has 3 N–H and O–H groups in total. The van der Waals surface area contributed by atoms with E-state index in [0.29, 0.717) is 31.0 Å². The molecule has 0 aliphatic carbocycles. The molecule has 1 aromatic heterocycles. The van der Waals surface area contributed by atoms with E-state index in [9.17, 15) is 4.39 Å². The summed E-state index contributed by atoms with van der Waals surface area (Å²) in [5, 5.41) is 6.96. The largest absolute Gasteiger partial charge is 0.383 e. The Labute approximate surface area is 169 Å². The van der Waals surface area contributed by atoms with Crippen LogP contribution in [0.1, 0.15) is 24.1 Å². The van der Waals surface area contributed by atoms with Gasteiger partial charge in [0.15, 0.2) is 5.96 Å². The van der Waals surface area contributed by atoms with Gasteiger partial charge < -0.3 is 15.0 Å². The second-order valence-corrected chi connectivity index (χ2v) is 6.77. The number of rotatable bonds is 8. The normalized spacial score (nSPS) is 12.7. The number of methoxy groups -OCH3 is 1. The molecular formula is C22H25FN4O2. The molecule has 6 nitrogen and oxygen atoms in total. The summed E-state index contributed by atoms with van der Waals surface area (Å²) in [6.45, 7) is 3.08. The SMILES string of the molecule is COCCN=C(N)Nc1cc(CC(C)c2ccc(-c3ccccc3F)cc2)no1. The summed E-state index contributed by atoms with van der Waals surface area (Å²) in [5.41, 5.74) is 9.20. The minimum absolute atomic E-state index is 0.218. The maximum atomic E-state index is 14.0. The van der Waals surface area contributed by atoms with Gasteiger partial charge in [0.2, 0.25) is 5.88 Å². The van der Waals surface area contributed by atoms with Crippen LogP contribution in [0.3, 0.4) is 0 Å². The van der Waals surface area contributed by atoms with E-state index in [0.717, 1.165) is 16.8 Å². The third-order valence-electron chi connectivity index (χ3n) is 4.57. The summed E-state index contributed by atoms with van der Waals surface area (Å²) in [7, 11) is 1.61. The van der Waals surface area contributed by atoms with Gasteiger partial charge >= 0.3 is 0 Å². The zero-order valence-electron chi connectivity index (χ0n) is 16.6. The Bertz CT molecular complexity index is 953. The molecule has 0 saturated carbocycles. The van der Waals surface area contributed by atoms with E-state index in [1.54, 1.807) is 19.2 Å². The summed E-state index contributed by atoms with van der Waals surface area (Å²) < 4.78 is 24.2. The van der Waals surface area contributed by atoms with Gasteiger partial charge in [-0.05, 0) is 29.5 Å². The minimum Gasteiger partial charge on any atom is -0.383 e. The molecule has 7 heteroatoms. The molecule has 0 amide bonds. The molecule has 152 valence electrons. The lowest BCUT2D eigenvalue weighted by Crippen LogP contribution is -2.23. The topological polar surface area (TPSA) is 85.7 Å². The zero-order chi connectivity index (χ0) is 20.6. The van der Waals surface area contributed by atoms with Gasteiger partial charge in [-0.15, -0.1) is 0 Å². The van der Waals surface area contributed by atoms with Crippen LogP contribution < -0.4 is 11.1 Å². The van der Waals surface area contributed by atoms with Gasteiger partial charge in [-0.2, -0.15) is 0 Å². The van der Waals surface area contributed by atoms with Crippen LogP contribution >= 0.6 is 0 Å². The smallest absolute Gasteiger partial charge is 0.231 e. The van der Waals surface area contributed by atoms with Crippen molar-refractivity contribution in [3.8, 4) is 11.1 Å². The number of halogens is 1. The van der Waals surface area contributed by atoms with Crippen molar-refractivity contribution in [3.63, 3.8) is 0 Å². The highest BCUT2D eigenvalue weighted by molar-refractivity contribution is 5.90. The van der Waals surface area contributed by atoms with Gasteiger partial charge in [-0.25, -0.2) is 4.39 Å². The molecular weight excluding hydrogens is 371 g/mol. The van der Waals surface area contributed by atoms with Gasteiger partial charge in [0.1, 0.15) is 5.82 Å². The van der Waals surface area contributed by atoms with E-state index in [4.69, 9.17) is 15.0 Å². The predicted octanol–water partition coefficient (Wildman–Crippen LogP) is 4.20. The number of nitrogens with two attached hydrogens (primary N) is 1. The fraction of sp³-hybridized carbons (Fsp3) is 0.273. The minimum atomic E-state index is -0.221. The third kappa shape index (κ3) is 5.65. The average Bonchev–Trinajstić information content (AvgIpc) is 3.15. The molecule has 1 atom stereocenters. The number of hydrogen-bond donors (Lipinski definition) is 2. The number of aromatic nitrogens is 1. The number of guanidine groups is 1. The maximum Gasteiger partial charge on any atom is 0.231 e. The third-order valence-corrected chi connectivity index (χ3v) is 4.57. The predicted molar refractivity (Wildman–Crippen MR) is 112 cm³/mol. The highest BCUT2D eigenvalue weighted by Crippen LogP contribution is 2.26. The first kappa shape index (κ1) is 20.5. The lowest BCUT2D eigenvalue weighted by Gasteiger charge is -2.11. The fourth-order valence-electron chi connectivity index (χ4n) is 3.01. The van der Waals surface area contributed by atoms with Crippen LogP contribution in [-0.4, -0.2) is 31.4 Å². The van der Waals surface area contributed by atoms with E-state index in [2.05, 4.69) is 22.4 Å². The second kappa shape index (κ2) is 9.84. The first-order valence-electron chi connectivity index (χ1n) is 9.43. The fourth-order valence-corrected chi connectivity index (χ4v) is 3.01. The van der Waals surface area contributed by atoms with Crippen LogP contribution in [0.2, 0.25) is 0 Å². The van der Waals surface area contributed by atoms with Crippen molar-refractivity contribution < 1.29 is 13.7 Å². The first-order chi connectivity index (χ1) is 14.1. The number of ether oxygens (including phenoxy) is 1. The maximum absolute atomic E-state index is 14.0. The van der Waals surface area contributed by atoms with Crippen molar-refractivity contribution in [2.75, 3.05) is 25.6 Å². The molecule has 0 aliphatic rings. The molecule has 0 bridgehead atoms. The van der Waals surface area contributed by atoms with Crippen molar-refractivity contribution in [3.05, 3.63) is 71.7 Å². The number of aliphatic imine (C=N–C) groups is 1. The van der Waals surface area contributed by atoms with Crippen LogP contribution in [0.4, 0.5) is 10.3 Å². The average molecular weight is 396 g/mol. The van der Waals surface area contributed by atoms with Gasteiger partial charge in [0, 0.05) is 18.7 Å². The van der Waals surface area contributed by atoms with E-state index in [1.165, 1.54) is 6.07 Å². The Hall–Kier alpha value is -3.19. The van der Waals surface area contributed by atoms with Crippen LogP contribution in [0, 0.1) is 5.82 Å². The van der Waals surface area contributed by atoms with Crippen molar-refractivity contribution in [2.24, 2.45) is 10.7 Å². The van der Waals surface area contributed by atoms with E-state index < -0.39 is 0 Å². The first-order valence-corrected chi connectivity index (χ1v) is 9.43. The van der Waals surface area contributed by atoms with Gasteiger partial charge in [-0.3, -0.25) is 10.3 Å². The van der Waals surface area contributed by atoms with Crippen molar-refractivity contribution in [1.29, 1.82) is 0 Å². The summed E-state index contributed by atoms with van der Waals surface area (Å²) in [6, 6.07) is 16.5. The molecule has 0 radical (unpaired) electrons. The number of nitrogens with zero attached hydrogens (tertiary/aromatic N) is 2. The summed E-state index contributed by atoms with van der Waals surface area (Å²) >= 11 is 0. The van der Waals surface area contributed by atoms with Crippen molar-refractivity contribution in [1.82, 2.24) is 5.16 Å². The Balaban J connectivity index is 1.61. The van der Waals surface area contributed by atoms with Crippen molar-refractivity contribution >= 4 is 11.8 Å². The Morgan fingerprint density at radius 2 is 2.00 bits per heavy atom. The highest BCUT2D eigenvalue weighted by Gasteiger charge is 2.12. The summed E-state index contributed by atoms with van der Waals surface area (Å²) in [6.07, 6.45) is 0.699. The molecule has 3 aromatic rings. The number of anilines is 1. The Morgan fingerprint density at radius 3 is 2.72 bits per heavy atom. The Morgan fingerprint density at radius 1 is 1.24 bits per heavy atom. The molecule has 1 heterocycles. The number of benzene rings is 2. The number of hydrogen-bond acceptors (Lipinski definition) is 4. The summed E-state index contributed by atoms with van der Waals surface area (Å²) in [4.78, 5) is 4.11. The standard InChI is InChI=1S/C22H25FN4O2/c1-15(13-18-14-21(29-27-18)26-22(24)25-11-12-28-2)16-7-9-17(10-8-16)19-5-3-4-6-20(19)23/h3-10,14-15H,11-13H2,1-2H3,(H3,24,25,26). The highest BCUT2D eigenvalue weighted by atomic mass is 19.1. The van der Waals surface area contributed by atoms with Crippen LogP contribution in [-0.2, 0) is 11.2 Å². The molecule has 0 spiro atoms. The lowest BCUT2D eigenvalue weighted by atomic mass is 9.94. The molecule has 29 heavy (non-hydrogen) atoms. The van der Waals surface area contributed by atoms with Crippen LogP contribution in [0.15, 0.2) is 64.1 Å².